The molecule has 0 unspecified atom stereocenters. The van der Waals surface area contributed by atoms with Crippen molar-refractivity contribution >= 4 is 70.6 Å². The van der Waals surface area contributed by atoms with Gasteiger partial charge in [0.1, 0.15) is 19.6 Å². The number of unbranched alkanes of at least 4 members (excludes halogenated alkanes) is 2. The standard InChI is InChI=1S/C63H64Cl2N6O10/c64-50-21-17-42(18-22-50)25-29-68-62(78)54-33-48-38-70(36-46(48)31-52(54)60(76)66-27-9-7-15-58(74)80-40-44-11-3-1-4-12-44)56(72)35-57(73)71-37-47-32-53(61(77)67-28-10-8-16-59(75)81-41-45-13-5-2-6-14-45)55(34-49(47)39-71)63(79)69-30-26-43-19-23-51(65)24-20-43/h1-6,11-14,17-24,31-34H,7-10,15-16,25-30,35-41H2,(H,66,76)(H,67,77)(H,68,78)(H,69,79). The third-order valence-corrected chi connectivity index (χ3v) is 14.5. The van der Waals surface area contributed by atoms with Crippen molar-refractivity contribution < 1.29 is 47.8 Å². The van der Waals surface area contributed by atoms with Crippen LogP contribution in [-0.4, -0.2) is 83.4 Å². The predicted octanol–water partition coefficient (Wildman–Crippen LogP) is 9.00. The molecule has 4 N–H and O–H groups in total. The summed E-state index contributed by atoms with van der Waals surface area (Å²) in [7, 11) is 0. The van der Waals surface area contributed by atoms with Crippen LogP contribution in [0.25, 0.3) is 0 Å². The molecule has 420 valence electrons. The minimum Gasteiger partial charge on any atom is -0.461 e. The molecular formula is C63H64Cl2N6O10. The highest BCUT2D eigenvalue weighted by Crippen LogP contribution is 2.30. The normalized spacial score (nSPS) is 12.2. The molecule has 0 radical (unpaired) electrons. The molecule has 0 saturated heterocycles. The Bertz CT molecular complexity index is 3020. The maximum Gasteiger partial charge on any atom is 0.306 e. The van der Waals surface area contributed by atoms with Crippen LogP contribution in [0.4, 0.5) is 0 Å². The van der Waals surface area contributed by atoms with Gasteiger partial charge in [-0.1, -0.05) is 108 Å². The van der Waals surface area contributed by atoms with Crippen molar-refractivity contribution in [2.45, 2.75) is 97.2 Å². The number of nitrogens with one attached hydrogen (secondary N) is 4. The second kappa shape index (κ2) is 29.2. The van der Waals surface area contributed by atoms with Crippen LogP contribution in [-0.2, 0) is 80.9 Å². The van der Waals surface area contributed by atoms with Crippen LogP contribution in [0.3, 0.4) is 0 Å². The maximum atomic E-state index is 14.0. The van der Waals surface area contributed by atoms with E-state index >= 15 is 0 Å². The molecule has 6 aromatic rings. The lowest BCUT2D eigenvalue weighted by Gasteiger charge is -2.19. The Morgan fingerprint density at radius 3 is 1.05 bits per heavy atom. The second-order valence-electron chi connectivity index (χ2n) is 20.0. The summed E-state index contributed by atoms with van der Waals surface area (Å²) in [5.41, 5.74) is 6.81. The van der Waals surface area contributed by atoms with Gasteiger partial charge in [-0.2, -0.15) is 0 Å². The minimum atomic E-state index is -0.492. The highest BCUT2D eigenvalue weighted by atomic mass is 35.5. The maximum absolute atomic E-state index is 14.0. The summed E-state index contributed by atoms with van der Waals surface area (Å²) in [5, 5.41) is 12.8. The Kier molecular flexibility index (Phi) is 21.2. The predicted molar refractivity (Wildman–Crippen MR) is 306 cm³/mol. The molecule has 0 spiro atoms. The van der Waals surface area contributed by atoms with Gasteiger partial charge in [-0.05, 0) is 132 Å². The Labute approximate surface area is 480 Å². The fourth-order valence-corrected chi connectivity index (χ4v) is 9.75. The molecule has 0 atom stereocenters. The number of halogens is 2. The van der Waals surface area contributed by atoms with Gasteiger partial charge in [-0.15, -0.1) is 0 Å². The van der Waals surface area contributed by atoms with Gasteiger partial charge in [0, 0.05) is 75.2 Å². The fraction of sp³-hybridized carbons (Fsp3) is 0.302. The molecule has 18 heteroatoms. The Balaban J connectivity index is 0.879. The van der Waals surface area contributed by atoms with E-state index in [1.165, 1.54) is 9.80 Å². The van der Waals surface area contributed by atoms with E-state index in [1.807, 2.05) is 84.9 Å². The average Bonchev–Trinajstić information content (AvgIpc) is 4.34. The number of ether oxygens (including phenoxy) is 2. The minimum absolute atomic E-state index is 0.0960. The molecule has 2 aliphatic heterocycles. The van der Waals surface area contributed by atoms with Crippen LogP contribution in [0.5, 0.6) is 0 Å². The van der Waals surface area contributed by atoms with Crippen molar-refractivity contribution in [3.05, 3.63) is 210 Å². The van der Waals surface area contributed by atoms with Crippen molar-refractivity contribution in [3.63, 3.8) is 0 Å². The number of carbonyl (C=O) groups excluding carboxylic acids is 8. The molecule has 2 heterocycles. The summed E-state index contributed by atoms with van der Waals surface area (Å²) in [5.74, 6) is -3.54. The smallest absolute Gasteiger partial charge is 0.306 e. The number of rotatable bonds is 26. The topological polar surface area (TPSA) is 210 Å². The zero-order valence-corrected chi connectivity index (χ0v) is 46.4. The molecule has 6 aromatic carbocycles. The van der Waals surface area contributed by atoms with Gasteiger partial charge in [-0.3, -0.25) is 38.4 Å². The van der Waals surface area contributed by atoms with Gasteiger partial charge in [0.15, 0.2) is 0 Å². The second-order valence-corrected chi connectivity index (χ2v) is 20.9. The zero-order valence-electron chi connectivity index (χ0n) is 44.9. The van der Waals surface area contributed by atoms with E-state index in [-0.39, 0.29) is 113 Å². The number of benzene rings is 6. The lowest BCUT2D eigenvalue weighted by atomic mass is 9.98. The molecule has 0 bridgehead atoms. The van der Waals surface area contributed by atoms with Gasteiger partial charge in [-0.25, -0.2) is 0 Å². The highest BCUT2D eigenvalue weighted by Gasteiger charge is 2.33. The van der Waals surface area contributed by atoms with Gasteiger partial charge in [0.05, 0.1) is 22.3 Å². The summed E-state index contributed by atoms with van der Waals surface area (Å²) in [6.45, 7) is 1.76. The Morgan fingerprint density at radius 1 is 0.395 bits per heavy atom. The number of amides is 6. The monoisotopic (exact) mass is 1130 g/mol. The van der Waals surface area contributed by atoms with Crippen LogP contribution in [0, 0.1) is 0 Å². The number of carbonyl (C=O) groups is 8. The van der Waals surface area contributed by atoms with Crippen molar-refractivity contribution in [1.29, 1.82) is 0 Å². The highest BCUT2D eigenvalue weighted by molar-refractivity contribution is 6.30. The molecule has 6 amide bonds. The molecule has 0 fully saturated rings. The number of hydrogen-bond acceptors (Lipinski definition) is 10. The first kappa shape index (κ1) is 58.8. The molecule has 2 aliphatic rings. The average molecular weight is 1140 g/mol. The Morgan fingerprint density at radius 2 is 0.716 bits per heavy atom. The third-order valence-electron chi connectivity index (χ3n) is 14.0. The van der Waals surface area contributed by atoms with Gasteiger partial charge in [0.25, 0.3) is 23.6 Å². The van der Waals surface area contributed by atoms with E-state index in [1.54, 1.807) is 48.5 Å². The van der Waals surface area contributed by atoms with Crippen LogP contribution in [0.1, 0.15) is 131 Å². The van der Waals surface area contributed by atoms with E-state index < -0.39 is 41.9 Å². The quantitative estimate of drug-likeness (QED) is 0.0230. The zero-order chi connectivity index (χ0) is 57.1. The summed E-state index contributed by atoms with van der Waals surface area (Å²) in [4.78, 5) is 111. The fourth-order valence-electron chi connectivity index (χ4n) is 9.50. The first-order valence-electron chi connectivity index (χ1n) is 27.1. The molecular weight excluding hydrogens is 1070 g/mol. The SMILES string of the molecule is O=C(CCCCNC(=O)c1cc2c(cc1C(=O)NCCc1ccc(Cl)cc1)CN(C(=O)CC(=O)N1Cc3cc(C(=O)NCCCCC(=O)OCc4ccccc4)c(C(=O)NCCc4ccc(Cl)cc4)cc3C1)C2)OCc1ccccc1. The Hall–Kier alpha value is -8.34. The largest absolute Gasteiger partial charge is 0.461 e. The molecule has 0 saturated carbocycles. The molecule has 16 nitrogen and oxygen atoms in total. The van der Waals surface area contributed by atoms with Crippen molar-refractivity contribution in [2.24, 2.45) is 0 Å². The third kappa shape index (κ3) is 17.3. The summed E-state index contributed by atoms with van der Waals surface area (Å²) >= 11 is 12.1. The summed E-state index contributed by atoms with van der Waals surface area (Å²) < 4.78 is 10.8. The summed E-state index contributed by atoms with van der Waals surface area (Å²) in [6, 6.07) is 39.8. The van der Waals surface area contributed by atoms with Gasteiger partial charge < -0.3 is 40.5 Å². The summed E-state index contributed by atoms with van der Waals surface area (Å²) in [6.07, 6.45) is 2.80. The molecule has 81 heavy (non-hydrogen) atoms. The van der Waals surface area contributed by atoms with Gasteiger partial charge >= 0.3 is 11.9 Å². The molecule has 0 aromatic heterocycles. The van der Waals surface area contributed by atoms with Crippen LogP contribution in [0.15, 0.2) is 133 Å². The van der Waals surface area contributed by atoms with E-state index in [0.717, 1.165) is 22.3 Å². The number of esters is 2. The van der Waals surface area contributed by atoms with Crippen molar-refractivity contribution in [2.75, 3.05) is 26.2 Å². The van der Waals surface area contributed by atoms with Crippen molar-refractivity contribution in [3.8, 4) is 0 Å². The van der Waals surface area contributed by atoms with Crippen LogP contribution >= 0.6 is 23.2 Å². The van der Waals surface area contributed by atoms with E-state index in [4.69, 9.17) is 32.7 Å². The molecule has 8 rings (SSSR count). The lowest BCUT2D eigenvalue weighted by Crippen LogP contribution is -2.33. The van der Waals surface area contributed by atoms with Crippen LogP contribution < -0.4 is 21.3 Å². The number of fused-ring (bicyclic) bond motifs is 2. The van der Waals surface area contributed by atoms with E-state index in [2.05, 4.69) is 21.3 Å². The number of nitrogens with zero attached hydrogens (tertiary/aromatic N) is 2. The molecule has 0 aliphatic carbocycles. The first-order chi connectivity index (χ1) is 39.3. The van der Waals surface area contributed by atoms with E-state index in [9.17, 15) is 38.4 Å². The van der Waals surface area contributed by atoms with E-state index in [0.29, 0.717) is 70.8 Å². The van der Waals surface area contributed by atoms with Crippen LogP contribution in [0.2, 0.25) is 10.0 Å². The first-order valence-corrected chi connectivity index (χ1v) is 27.9. The lowest BCUT2D eigenvalue weighted by molar-refractivity contribution is -0.146. The number of hydrogen-bond donors (Lipinski definition) is 4. The van der Waals surface area contributed by atoms with Gasteiger partial charge in [0.2, 0.25) is 11.8 Å². The van der Waals surface area contributed by atoms with Crippen molar-refractivity contribution in [1.82, 2.24) is 31.1 Å².